The van der Waals surface area contributed by atoms with E-state index in [1.54, 1.807) is 13.8 Å². The number of hydrogen-bond acceptors (Lipinski definition) is 4. The molecule has 0 aromatic rings. The summed E-state index contributed by atoms with van der Waals surface area (Å²) in [6, 6.07) is -0.365. The number of carboxylic acids is 1. The molecule has 0 radical (unpaired) electrons. The van der Waals surface area contributed by atoms with Gasteiger partial charge in [0.05, 0.1) is 5.92 Å². The third-order valence-corrected chi connectivity index (χ3v) is 4.34. The van der Waals surface area contributed by atoms with Crippen LogP contribution in [0.1, 0.15) is 33.1 Å². The van der Waals surface area contributed by atoms with Crippen LogP contribution in [0.3, 0.4) is 0 Å². The number of aliphatic carboxylic acids is 1. The van der Waals surface area contributed by atoms with E-state index in [-0.39, 0.29) is 23.8 Å². The standard InChI is InChI=1S/C14H23N3O4/c1-14(2)12(20)17(13(21)16-14)7-6-15-8-9-4-3-5-10(9)11(18)19/h9-10,15H,3-8H2,1-2H3,(H,16,21)(H,18,19). The van der Waals surface area contributed by atoms with Gasteiger partial charge in [-0.2, -0.15) is 0 Å². The van der Waals surface area contributed by atoms with Gasteiger partial charge in [0, 0.05) is 13.1 Å². The molecule has 3 N–H and O–H groups in total. The van der Waals surface area contributed by atoms with Crippen LogP contribution >= 0.6 is 0 Å². The van der Waals surface area contributed by atoms with E-state index in [9.17, 15) is 14.4 Å². The van der Waals surface area contributed by atoms with Gasteiger partial charge < -0.3 is 15.7 Å². The Hall–Kier alpha value is -1.63. The van der Waals surface area contributed by atoms with Crippen molar-refractivity contribution in [2.75, 3.05) is 19.6 Å². The van der Waals surface area contributed by atoms with Gasteiger partial charge in [-0.15, -0.1) is 0 Å². The number of carbonyl (C=O) groups is 3. The normalized spacial score (nSPS) is 28.0. The molecule has 3 amide bonds. The van der Waals surface area contributed by atoms with E-state index in [1.807, 2.05) is 0 Å². The predicted octanol–water partition coefficient (Wildman–Crippen LogP) is 0.407. The first kappa shape index (κ1) is 15.8. The molecule has 0 aromatic carbocycles. The Bertz CT molecular complexity index is 450. The molecule has 21 heavy (non-hydrogen) atoms. The Balaban J connectivity index is 1.74. The number of carbonyl (C=O) groups excluding carboxylic acids is 2. The van der Waals surface area contributed by atoms with Crippen LogP contribution < -0.4 is 10.6 Å². The second kappa shape index (κ2) is 6.01. The zero-order valence-corrected chi connectivity index (χ0v) is 12.5. The first-order valence-electron chi connectivity index (χ1n) is 7.40. The van der Waals surface area contributed by atoms with Crippen molar-refractivity contribution in [3.63, 3.8) is 0 Å². The van der Waals surface area contributed by atoms with E-state index in [0.29, 0.717) is 19.6 Å². The average Bonchev–Trinajstić information content (AvgIpc) is 2.92. The molecule has 2 fully saturated rings. The minimum absolute atomic E-state index is 0.141. The highest BCUT2D eigenvalue weighted by Crippen LogP contribution is 2.31. The van der Waals surface area contributed by atoms with Crippen molar-refractivity contribution < 1.29 is 19.5 Å². The van der Waals surface area contributed by atoms with Gasteiger partial charge in [-0.1, -0.05) is 6.42 Å². The van der Waals surface area contributed by atoms with Crippen molar-refractivity contribution in [2.45, 2.75) is 38.6 Å². The Kier molecular flexibility index (Phi) is 4.51. The van der Waals surface area contributed by atoms with Gasteiger partial charge >= 0.3 is 12.0 Å². The molecule has 1 saturated carbocycles. The molecule has 1 aliphatic carbocycles. The molecule has 0 bridgehead atoms. The van der Waals surface area contributed by atoms with Crippen LogP contribution in [-0.2, 0) is 9.59 Å². The lowest BCUT2D eigenvalue weighted by atomic mass is 9.96. The summed E-state index contributed by atoms with van der Waals surface area (Å²) in [6.45, 7) is 4.76. The van der Waals surface area contributed by atoms with Crippen molar-refractivity contribution in [2.24, 2.45) is 11.8 Å². The van der Waals surface area contributed by atoms with Gasteiger partial charge in [-0.05, 0) is 39.2 Å². The molecule has 2 unspecified atom stereocenters. The Morgan fingerprint density at radius 1 is 1.43 bits per heavy atom. The van der Waals surface area contributed by atoms with Gasteiger partial charge in [0.2, 0.25) is 0 Å². The molecular formula is C14H23N3O4. The van der Waals surface area contributed by atoms with E-state index >= 15 is 0 Å². The summed E-state index contributed by atoms with van der Waals surface area (Å²) in [6.07, 6.45) is 2.60. The monoisotopic (exact) mass is 297 g/mol. The lowest BCUT2D eigenvalue weighted by Gasteiger charge is -2.18. The first-order valence-corrected chi connectivity index (χ1v) is 7.40. The van der Waals surface area contributed by atoms with Crippen molar-refractivity contribution in [1.29, 1.82) is 0 Å². The second-order valence-corrected chi connectivity index (χ2v) is 6.35. The summed E-state index contributed by atoms with van der Waals surface area (Å²) in [4.78, 5) is 35.9. The van der Waals surface area contributed by atoms with Crippen molar-refractivity contribution in [3.05, 3.63) is 0 Å². The van der Waals surface area contributed by atoms with E-state index < -0.39 is 11.5 Å². The van der Waals surface area contributed by atoms with Crippen molar-refractivity contribution >= 4 is 17.9 Å². The smallest absolute Gasteiger partial charge is 0.325 e. The molecule has 0 aromatic heterocycles. The maximum absolute atomic E-state index is 12.0. The maximum atomic E-state index is 12.0. The van der Waals surface area contributed by atoms with E-state index in [2.05, 4.69) is 10.6 Å². The third kappa shape index (κ3) is 3.34. The topological polar surface area (TPSA) is 98.7 Å². The van der Waals surface area contributed by atoms with Crippen LogP contribution in [-0.4, -0.2) is 53.1 Å². The van der Waals surface area contributed by atoms with Gasteiger partial charge in [0.25, 0.3) is 5.91 Å². The molecule has 1 aliphatic heterocycles. The fraction of sp³-hybridized carbons (Fsp3) is 0.786. The number of hydrogen-bond donors (Lipinski definition) is 3. The molecule has 1 saturated heterocycles. The quantitative estimate of drug-likeness (QED) is 0.487. The molecule has 2 aliphatic rings. The largest absolute Gasteiger partial charge is 0.481 e. The molecule has 7 heteroatoms. The Morgan fingerprint density at radius 2 is 2.14 bits per heavy atom. The highest BCUT2D eigenvalue weighted by molar-refractivity contribution is 6.06. The number of amides is 3. The summed E-state index contributed by atoms with van der Waals surface area (Å²) in [5, 5.41) is 14.9. The highest BCUT2D eigenvalue weighted by Gasteiger charge is 2.43. The minimum atomic E-state index is -0.836. The van der Waals surface area contributed by atoms with Crippen LogP contribution in [0.25, 0.3) is 0 Å². The SMILES string of the molecule is CC1(C)NC(=O)N(CCNCC2CCCC2C(=O)O)C1=O. The maximum Gasteiger partial charge on any atom is 0.325 e. The fourth-order valence-corrected chi connectivity index (χ4v) is 3.11. The molecular weight excluding hydrogens is 274 g/mol. The summed E-state index contributed by atoms with van der Waals surface area (Å²) in [5.41, 5.74) is -0.836. The fourth-order valence-electron chi connectivity index (χ4n) is 3.11. The number of nitrogens with one attached hydrogen (secondary N) is 2. The van der Waals surface area contributed by atoms with Crippen LogP contribution in [0.15, 0.2) is 0 Å². The molecule has 2 rings (SSSR count). The van der Waals surface area contributed by atoms with Crippen molar-refractivity contribution in [3.8, 4) is 0 Å². The Labute approximate surface area is 124 Å². The van der Waals surface area contributed by atoms with Crippen LogP contribution in [0, 0.1) is 11.8 Å². The Morgan fingerprint density at radius 3 is 2.71 bits per heavy atom. The van der Waals surface area contributed by atoms with E-state index in [4.69, 9.17) is 5.11 Å². The molecule has 118 valence electrons. The first-order chi connectivity index (χ1) is 9.83. The average molecular weight is 297 g/mol. The molecule has 1 heterocycles. The number of rotatable bonds is 6. The molecule has 0 spiro atoms. The van der Waals surface area contributed by atoms with E-state index in [0.717, 1.165) is 19.3 Å². The zero-order chi connectivity index (χ0) is 15.6. The van der Waals surface area contributed by atoms with Gasteiger partial charge in [-0.3, -0.25) is 14.5 Å². The minimum Gasteiger partial charge on any atom is -0.481 e. The number of nitrogens with zero attached hydrogens (tertiary/aromatic N) is 1. The van der Waals surface area contributed by atoms with Crippen LogP contribution in [0.5, 0.6) is 0 Å². The molecule has 7 nitrogen and oxygen atoms in total. The summed E-state index contributed by atoms with van der Waals surface area (Å²) in [5.74, 6) is -1.08. The number of carboxylic acid groups (broad SMARTS) is 1. The van der Waals surface area contributed by atoms with Crippen molar-refractivity contribution in [1.82, 2.24) is 15.5 Å². The van der Waals surface area contributed by atoms with Crippen LogP contribution in [0.2, 0.25) is 0 Å². The zero-order valence-electron chi connectivity index (χ0n) is 12.5. The van der Waals surface area contributed by atoms with Gasteiger partial charge in [-0.25, -0.2) is 4.79 Å². The summed E-state index contributed by atoms with van der Waals surface area (Å²) >= 11 is 0. The summed E-state index contributed by atoms with van der Waals surface area (Å²) < 4.78 is 0. The number of urea groups is 1. The van der Waals surface area contributed by atoms with Crippen LogP contribution in [0.4, 0.5) is 4.79 Å². The van der Waals surface area contributed by atoms with E-state index in [1.165, 1.54) is 4.90 Å². The lowest BCUT2D eigenvalue weighted by molar-refractivity contribution is -0.142. The summed E-state index contributed by atoms with van der Waals surface area (Å²) in [7, 11) is 0. The lowest BCUT2D eigenvalue weighted by Crippen LogP contribution is -2.41. The number of imide groups is 1. The third-order valence-electron chi connectivity index (χ3n) is 4.34. The highest BCUT2D eigenvalue weighted by atomic mass is 16.4. The predicted molar refractivity (Wildman–Crippen MR) is 75.7 cm³/mol. The molecule has 2 atom stereocenters. The van der Waals surface area contributed by atoms with Gasteiger partial charge in [0.15, 0.2) is 0 Å². The van der Waals surface area contributed by atoms with Gasteiger partial charge in [0.1, 0.15) is 5.54 Å². The second-order valence-electron chi connectivity index (χ2n) is 6.35.